The van der Waals surface area contributed by atoms with Crippen LogP contribution in [0.25, 0.3) is 0 Å². The molecule has 2 aromatic rings. The molecule has 0 unspecified atom stereocenters. The maximum Gasteiger partial charge on any atom is 0.318 e. The van der Waals surface area contributed by atoms with Crippen LogP contribution in [0.3, 0.4) is 0 Å². The Kier molecular flexibility index (Phi) is 10.4. The molecule has 0 aromatic heterocycles. The van der Waals surface area contributed by atoms with Crippen LogP contribution in [0.1, 0.15) is 17.5 Å². The summed E-state index contributed by atoms with van der Waals surface area (Å²) in [5.41, 5.74) is 1.92. The van der Waals surface area contributed by atoms with E-state index in [2.05, 4.69) is 10.6 Å². The number of carbonyl (C=O) groups excluding carboxylic acids is 2. The monoisotopic (exact) mass is 521 g/mol. The molecule has 1 fully saturated rings. The number of morpholine rings is 1. The smallest absolute Gasteiger partial charge is 0.318 e. The van der Waals surface area contributed by atoms with Crippen molar-refractivity contribution in [3.05, 3.63) is 71.8 Å². The first-order valence-electron chi connectivity index (χ1n) is 11.6. The number of rotatable bonds is 11. The molecule has 1 saturated heterocycles. The molecule has 0 spiro atoms. The molecule has 0 aliphatic carbocycles. The summed E-state index contributed by atoms with van der Waals surface area (Å²) in [7, 11) is -3.55. The number of halogens is 1. The van der Waals surface area contributed by atoms with E-state index in [4.69, 9.17) is 16.3 Å². The number of nitrogens with one attached hydrogen (secondary N) is 2. The van der Waals surface area contributed by atoms with Crippen molar-refractivity contribution in [2.45, 2.75) is 31.3 Å². The molecule has 35 heavy (non-hydrogen) atoms. The zero-order chi connectivity index (χ0) is 25.1. The highest BCUT2D eigenvalue weighted by molar-refractivity contribution is 7.92. The molecule has 1 aliphatic rings. The van der Waals surface area contributed by atoms with Crippen molar-refractivity contribution in [3.8, 4) is 0 Å². The Bertz CT molecular complexity index is 1050. The molecule has 2 aromatic carbocycles. The van der Waals surface area contributed by atoms with E-state index in [1.54, 1.807) is 4.90 Å². The second kappa shape index (κ2) is 13.5. The van der Waals surface area contributed by atoms with Gasteiger partial charge in [0.1, 0.15) is 11.3 Å². The predicted octanol–water partition coefficient (Wildman–Crippen LogP) is 2.37. The second-order valence-electron chi connectivity index (χ2n) is 8.54. The number of nitrogens with zero attached hydrogens (tertiary/aromatic N) is 1. The lowest BCUT2D eigenvalue weighted by molar-refractivity contribution is -0.123. The average molecular weight is 522 g/mol. The van der Waals surface area contributed by atoms with Crippen molar-refractivity contribution < 1.29 is 22.7 Å². The molecule has 1 heterocycles. The number of amides is 3. The van der Waals surface area contributed by atoms with E-state index in [1.807, 2.05) is 60.7 Å². The Labute approximate surface area is 211 Å². The third-order valence-electron chi connectivity index (χ3n) is 5.79. The van der Waals surface area contributed by atoms with Crippen LogP contribution in [0.2, 0.25) is 0 Å². The van der Waals surface area contributed by atoms with Crippen LogP contribution >= 0.6 is 11.6 Å². The molecular weight excluding hydrogens is 490 g/mol. The Hall–Kier alpha value is -2.62. The summed E-state index contributed by atoms with van der Waals surface area (Å²) in [5, 5.41) is 5.18. The van der Waals surface area contributed by atoms with Gasteiger partial charge >= 0.3 is 6.03 Å². The summed E-state index contributed by atoms with van der Waals surface area (Å²) < 4.78 is 29.9. The zero-order valence-electron chi connectivity index (χ0n) is 19.6. The Morgan fingerprint density at radius 3 is 2.14 bits per heavy atom. The van der Waals surface area contributed by atoms with E-state index < -0.39 is 33.0 Å². The largest absolute Gasteiger partial charge is 0.378 e. The lowest BCUT2D eigenvalue weighted by Gasteiger charge is -2.30. The van der Waals surface area contributed by atoms with Crippen LogP contribution in [-0.4, -0.2) is 74.6 Å². The van der Waals surface area contributed by atoms with Gasteiger partial charge in [-0.05, 0) is 24.0 Å². The highest BCUT2D eigenvalue weighted by Gasteiger charge is 2.28. The summed E-state index contributed by atoms with van der Waals surface area (Å²) in [6.07, 6.45) is 1.28. The number of hydrogen-bond acceptors (Lipinski definition) is 5. The van der Waals surface area contributed by atoms with Gasteiger partial charge in [0.15, 0.2) is 9.84 Å². The number of alkyl halides is 1. The molecule has 3 rings (SSSR count). The first-order valence-corrected chi connectivity index (χ1v) is 14.0. The topological polar surface area (TPSA) is 105 Å². The minimum absolute atomic E-state index is 0.273. The SMILES string of the molecule is O=C(N[C@@H](CCc1ccccc1)CS(=O)(=O)CCl)[C@H](Cc1ccccc1)NC(=O)N1CCOCC1. The summed E-state index contributed by atoms with van der Waals surface area (Å²) in [5.74, 6) is -0.705. The molecule has 2 atom stereocenters. The molecule has 2 N–H and O–H groups in total. The lowest BCUT2D eigenvalue weighted by atomic mass is 10.0. The highest BCUT2D eigenvalue weighted by Crippen LogP contribution is 2.11. The van der Waals surface area contributed by atoms with Crippen LogP contribution in [-0.2, 0) is 32.2 Å². The molecule has 1 aliphatic heterocycles. The van der Waals surface area contributed by atoms with Gasteiger partial charge in [-0.25, -0.2) is 13.2 Å². The summed E-state index contributed by atoms with van der Waals surface area (Å²) in [6.45, 7) is 1.78. The molecule has 8 nitrogen and oxygen atoms in total. The maximum absolute atomic E-state index is 13.4. The van der Waals surface area contributed by atoms with E-state index in [0.717, 1.165) is 11.1 Å². The minimum atomic E-state index is -3.55. The van der Waals surface area contributed by atoms with Gasteiger partial charge in [-0.2, -0.15) is 0 Å². The predicted molar refractivity (Wildman–Crippen MR) is 136 cm³/mol. The van der Waals surface area contributed by atoms with E-state index in [1.165, 1.54) is 0 Å². The van der Waals surface area contributed by atoms with E-state index >= 15 is 0 Å². The van der Waals surface area contributed by atoms with Gasteiger partial charge in [-0.15, -0.1) is 11.6 Å². The fraction of sp³-hybridized carbons (Fsp3) is 0.440. The van der Waals surface area contributed by atoms with Gasteiger partial charge in [-0.3, -0.25) is 4.79 Å². The quantitative estimate of drug-likeness (QED) is 0.442. The number of aryl methyl sites for hydroxylation is 1. The first-order chi connectivity index (χ1) is 16.9. The number of carbonyl (C=O) groups is 2. The van der Waals surface area contributed by atoms with Crippen LogP contribution in [0, 0.1) is 0 Å². The third kappa shape index (κ3) is 9.16. The standard InChI is InChI=1S/C25H32ClN3O5S/c26-19-35(32,33)18-22(12-11-20-7-3-1-4-8-20)27-24(30)23(17-21-9-5-2-6-10-21)28-25(31)29-13-15-34-16-14-29/h1-10,22-23H,11-19H2,(H,27,30)(H,28,31)/t22-,23-/m0/s1. The number of urea groups is 1. The second-order valence-corrected chi connectivity index (χ2v) is 11.2. The van der Waals surface area contributed by atoms with Crippen LogP contribution in [0.4, 0.5) is 4.79 Å². The van der Waals surface area contributed by atoms with Gasteiger partial charge in [-0.1, -0.05) is 60.7 Å². The van der Waals surface area contributed by atoms with Crippen LogP contribution in [0.15, 0.2) is 60.7 Å². The number of ether oxygens (including phenoxy) is 1. The lowest BCUT2D eigenvalue weighted by Crippen LogP contribution is -2.56. The van der Waals surface area contributed by atoms with Gasteiger partial charge in [0.25, 0.3) is 0 Å². The van der Waals surface area contributed by atoms with Crippen molar-refractivity contribution in [1.82, 2.24) is 15.5 Å². The molecule has 0 saturated carbocycles. The molecular formula is C25H32ClN3O5S. The number of sulfone groups is 1. The zero-order valence-corrected chi connectivity index (χ0v) is 21.1. The van der Waals surface area contributed by atoms with Crippen molar-refractivity contribution in [1.29, 1.82) is 0 Å². The minimum Gasteiger partial charge on any atom is -0.378 e. The van der Waals surface area contributed by atoms with E-state index in [0.29, 0.717) is 39.1 Å². The summed E-state index contributed by atoms with van der Waals surface area (Å²) in [4.78, 5) is 27.8. The fourth-order valence-electron chi connectivity index (χ4n) is 3.90. The number of hydrogen-bond donors (Lipinski definition) is 2. The molecule has 3 amide bonds. The van der Waals surface area contributed by atoms with Crippen LogP contribution < -0.4 is 10.6 Å². The van der Waals surface area contributed by atoms with Gasteiger partial charge in [0.2, 0.25) is 5.91 Å². The summed E-state index contributed by atoms with van der Waals surface area (Å²) in [6, 6.07) is 17.1. The Morgan fingerprint density at radius 2 is 1.54 bits per heavy atom. The third-order valence-corrected chi connectivity index (χ3v) is 8.03. The Balaban J connectivity index is 1.73. The first kappa shape index (κ1) is 27.0. The van der Waals surface area contributed by atoms with Gasteiger partial charge in [0.05, 0.1) is 19.0 Å². The van der Waals surface area contributed by atoms with Crippen molar-refractivity contribution in [2.24, 2.45) is 0 Å². The van der Waals surface area contributed by atoms with Gasteiger partial charge in [0, 0.05) is 25.6 Å². The van der Waals surface area contributed by atoms with Crippen molar-refractivity contribution in [3.63, 3.8) is 0 Å². The normalized spacial score (nSPS) is 15.7. The molecule has 0 bridgehead atoms. The van der Waals surface area contributed by atoms with Crippen molar-refractivity contribution >= 4 is 33.4 Å². The molecule has 10 heteroatoms. The molecule has 190 valence electrons. The van der Waals surface area contributed by atoms with E-state index in [-0.39, 0.29) is 18.2 Å². The highest BCUT2D eigenvalue weighted by atomic mass is 35.5. The van der Waals surface area contributed by atoms with Gasteiger partial charge < -0.3 is 20.3 Å². The summed E-state index contributed by atoms with van der Waals surface area (Å²) >= 11 is 5.64. The van der Waals surface area contributed by atoms with Crippen molar-refractivity contribution in [2.75, 3.05) is 37.3 Å². The van der Waals surface area contributed by atoms with Crippen LogP contribution in [0.5, 0.6) is 0 Å². The van der Waals surface area contributed by atoms with E-state index in [9.17, 15) is 18.0 Å². The number of benzene rings is 2. The maximum atomic E-state index is 13.4. The Morgan fingerprint density at radius 1 is 0.943 bits per heavy atom. The average Bonchev–Trinajstić information content (AvgIpc) is 2.88. The fourth-order valence-corrected chi connectivity index (χ4v) is 5.12. The molecule has 0 radical (unpaired) electrons.